The fraction of sp³-hybridized carbons (Fsp3) is 0.514. The highest BCUT2D eigenvalue weighted by atomic mass is 33.1. The Morgan fingerprint density at radius 3 is 2.21 bits per heavy atom. The number of anilines is 2. The predicted octanol–water partition coefficient (Wildman–Crippen LogP) is -3.57. The van der Waals surface area contributed by atoms with Crippen LogP contribution in [0.4, 0.5) is 16.3 Å². The molecule has 3 rings (SSSR count). The lowest BCUT2D eigenvalue weighted by Gasteiger charge is -2.25. The number of guanidine groups is 1. The summed E-state index contributed by atoms with van der Waals surface area (Å²) in [7, 11) is 2.18. The van der Waals surface area contributed by atoms with Crippen molar-refractivity contribution in [2.24, 2.45) is 22.4 Å². The van der Waals surface area contributed by atoms with E-state index in [1.165, 1.54) is 25.3 Å². The van der Waals surface area contributed by atoms with E-state index in [0.717, 1.165) is 21.6 Å². The summed E-state index contributed by atoms with van der Waals surface area (Å²) in [4.78, 5) is 98.2. The number of carbonyl (C=O) groups excluding carboxylic acids is 5. The number of hydrogen-bond donors (Lipinski definition) is 16. The molecule has 0 radical (unpaired) electrons. The van der Waals surface area contributed by atoms with E-state index >= 15 is 0 Å². The summed E-state index contributed by atoms with van der Waals surface area (Å²) in [6.45, 7) is 0.181. The van der Waals surface area contributed by atoms with Gasteiger partial charge in [-0.1, -0.05) is 28.5 Å². The van der Waals surface area contributed by atoms with Crippen LogP contribution in [0, 0.1) is 5.92 Å². The number of nitrogens with two attached hydrogens (primary N) is 2. The number of aliphatic imine (C=N–C) groups is 1. The summed E-state index contributed by atoms with van der Waals surface area (Å²) < 4.78 is 4.94. The number of hydrazine groups is 1. The molecule has 5 amide bonds. The maximum atomic E-state index is 12.8. The molecular formula is C37H54N12O15S2. The Morgan fingerprint density at radius 1 is 0.879 bits per heavy atom. The van der Waals surface area contributed by atoms with E-state index in [0.29, 0.717) is 22.9 Å². The molecule has 1 aliphatic heterocycles. The number of aromatic nitrogens is 2. The topological polar surface area (TPSA) is 445 Å². The van der Waals surface area contributed by atoms with E-state index < -0.39 is 110 Å². The van der Waals surface area contributed by atoms with Crippen LogP contribution in [-0.2, 0) is 35.3 Å². The molecule has 1 aromatic heterocycles. The normalized spacial score (nSPS) is 16.2. The number of rotatable bonds is 27. The standard InChI is InChI=1S/C37H54N12O15S2/c1-17(2-8-25(53)41-14-23(51)28(55)29(56)24(52)15-50)32(57)45-22(35(61)62)16-66-65-11-10-64-37(63)49-48-26(54)9-7-21(34(59)60)44-33(58)18-3-5-19(6-4-18)40-12-20-13-42-31-27(43-20)30(38)46-36(39)47-31/h3-6,13,17,21-24,28-30,40,50-52,55-56H,2,7-12,14-16,38H2,1H3,(H,41,53)(H,44,58)(H,45,57)(H,48,54)(H,49,63)(H,59,60)(H,61,62)(H3,39,42,46,47)/t17-,21-,22-,23-,24+,28+,29+,30?/m0/s1. The van der Waals surface area contributed by atoms with Gasteiger partial charge in [0.2, 0.25) is 17.7 Å². The zero-order valence-corrected chi connectivity index (χ0v) is 36.9. The second kappa shape index (κ2) is 27.4. The Bertz CT molecular complexity index is 2020. The smallest absolute Gasteiger partial charge is 0.426 e. The van der Waals surface area contributed by atoms with E-state index in [4.69, 9.17) is 21.3 Å². The molecular weight excluding hydrogens is 917 g/mol. The third kappa shape index (κ3) is 18.4. The third-order valence-electron chi connectivity index (χ3n) is 9.26. The second-order valence-electron chi connectivity index (χ2n) is 14.4. The largest absolute Gasteiger partial charge is 0.480 e. The van der Waals surface area contributed by atoms with Crippen LogP contribution in [0.5, 0.6) is 0 Å². The summed E-state index contributed by atoms with van der Waals surface area (Å²) in [6, 6.07) is 3.37. The lowest BCUT2D eigenvalue weighted by molar-refractivity contribution is -0.141. The highest BCUT2D eigenvalue weighted by molar-refractivity contribution is 8.76. The zero-order valence-electron chi connectivity index (χ0n) is 35.3. The molecule has 27 nitrogen and oxygen atoms in total. The summed E-state index contributed by atoms with van der Waals surface area (Å²) >= 11 is 0. The summed E-state index contributed by atoms with van der Waals surface area (Å²) in [5.74, 6) is -5.66. The van der Waals surface area contributed by atoms with Gasteiger partial charge in [0.25, 0.3) is 5.91 Å². The molecule has 66 heavy (non-hydrogen) atoms. The van der Waals surface area contributed by atoms with Crippen LogP contribution in [0.15, 0.2) is 35.5 Å². The number of benzene rings is 1. The third-order valence-corrected chi connectivity index (χ3v) is 11.6. The number of aliphatic hydroxyl groups excluding tert-OH is 5. The van der Waals surface area contributed by atoms with E-state index in [1.807, 2.05) is 5.43 Å². The molecule has 0 fully saturated rings. The molecule has 8 atom stereocenters. The van der Waals surface area contributed by atoms with Crippen LogP contribution in [-0.4, -0.2) is 161 Å². The Morgan fingerprint density at radius 2 is 1.55 bits per heavy atom. The van der Waals surface area contributed by atoms with Gasteiger partial charge >= 0.3 is 18.0 Å². The number of amides is 5. The number of ether oxygens (including phenoxy) is 1. The number of hydrogen-bond acceptors (Lipinski definition) is 22. The molecule has 0 saturated carbocycles. The molecule has 0 saturated heterocycles. The van der Waals surface area contributed by atoms with Gasteiger partial charge in [0.05, 0.1) is 31.1 Å². The van der Waals surface area contributed by atoms with Crippen LogP contribution in [0.25, 0.3) is 0 Å². The van der Waals surface area contributed by atoms with Crippen LogP contribution in [0.2, 0.25) is 0 Å². The van der Waals surface area contributed by atoms with Crippen molar-refractivity contribution < 1.29 is 74.0 Å². The number of carbonyl (C=O) groups is 7. The number of aliphatic hydroxyl groups is 5. The highest BCUT2D eigenvalue weighted by Gasteiger charge is 2.31. The first-order valence-corrected chi connectivity index (χ1v) is 22.5. The zero-order chi connectivity index (χ0) is 48.9. The second-order valence-corrected chi connectivity index (χ2v) is 17.0. The first-order valence-electron chi connectivity index (χ1n) is 20.0. The van der Waals surface area contributed by atoms with Crippen LogP contribution in [0.3, 0.4) is 0 Å². The molecule has 1 aliphatic rings. The van der Waals surface area contributed by atoms with Crippen LogP contribution >= 0.6 is 21.6 Å². The molecule has 29 heteroatoms. The Labute approximate surface area is 384 Å². The predicted molar refractivity (Wildman–Crippen MR) is 236 cm³/mol. The van der Waals surface area contributed by atoms with Gasteiger partial charge in [-0.25, -0.2) is 34.8 Å². The lowest BCUT2D eigenvalue weighted by atomic mass is 10.0. The van der Waals surface area contributed by atoms with Gasteiger partial charge in [-0.15, -0.1) is 0 Å². The van der Waals surface area contributed by atoms with Gasteiger partial charge < -0.3 is 78.5 Å². The first-order chi connectivity index (χ1) is 31.3. The number of aliphatic carboxylic acids is 2. The maximum absolute atomic E-state index is 12.8. The monoisotopic (exact) mass is 970 g/mol. The van der Waals surface area contributed by atoms with Gasteiger partial charge in [-0.2, -0.15) is 0 Å². The molecule has 18 N–H and O–H groups in total. The molecule has 2 heterocycles. The minimum atomic E-state index is -1.87. The van der Waals surface area contributed by atoms with Crippen molar-refractivity contribution in [2.75, 3.05) is 41.9 Å². The van der Waals surface area contributed by atoms with E-state index in [1.54, 1.807) is 12.1 Å². The van der Waals surface area contributed by atoms with E-state index in [-0.39, 0.29) is 55.4 Å². The molecule has 2 aromatic rings. The average molecular weight is 971 g/mol. The highest BCUT2D eigenvalue weighted by Crippen LogP contribution is 2.23. The van der Waals surface area contributed by atoms with Crippen molar-refractivity contribution in [2.45, 2.75) is 81.8 Å². The van der Waals surface area contributed by atoms with Gasteiger partial charge in [0.15, 0.2) is 11.8 Å². The minimum Gasteiger partial charge on any atom is -0.480 e. The van der Waals surface area contributed by atoms with Crippen molar-refractivity contribution in [1.82, 2.24) is 36.8 Å². The fourth-order valence-electron chi connectivity index (χ4n) is 5.42. The first kappa shape index (κ1) is 54.3. The van der Waals surface area contributed by atoms with Crippen molar-refractivity contribution in [3.63, 3.8) is 0 Å². The Balaban J connectivity index is 1.28. The summed E-state index contributed by atoms with van der Waals surface area (Å²) in [5, 5.41) is 79.7. The maximum Gasteiger partial charge on any atom is 0.426 e. The van der Waals surface area contributed by atoms with Crippen LogP contribution in [0.1, 0.15) is 60.5 Å². The number of carboxylic acids is 2. The lowest BCUT2D eigenvalue weighted by Crippen LogP contribution is -2.49. The van der Waals surface area contributed by atoms with Gasteiger partial charge in [-0.3, -0.25) is 24.6 Å². The molecule has 1 aromatic carbocycles. The van der Waals surface area contributed by atoms with Crippen LogP contribution < -0.4 is 48.9 Å². The minimum absolute atomic E-state index is 0.00741. The molecule has 364 valence electrons. The van der Waals surface area contributed by atoms with E-state index in [2.05, 4.69) is 47.0 Å². The number of nitrogens with zero attached hydrogens (tertiary/aromatic N) is 3. The molecule has 1 unspecified atom stereocenters. The van der Waals surface area contributed by atoms with Gasteiger partial charge in [-0.05, 0) is 37.1 Å². The SMILES string of the molecule is C[C@@H](CCC(=O)NC[C@H](O)[C@@H](O)[C@H](O)[C@H](O)CO)C(=O)N[C@@H](CSSCCOC(=O)NNC(=O)CC[C@H](NC(=O)c1ccc(NCc2cnc3c(n2)C(N)N=C(N)N3)cc1)C(=O)O)C(=O)O. The quantitative estimate of drug-likeness (QED) is 0.0234. The average Bonchev–Trinajstić information content (AvgIpc) is 3.29. The van der Waals surface area contributed by atoms with Gasteiger partial charge in [0, 0.05) is 48.1 Å². The van der Waals surface area contributed by atoms with Crippen molar-refractivity contribution in [1.29, 1.82) is 0 Å². The number of nitrogens with one attached hydrogen (secondary N) is 7. The van der Waals surface area contributed by atoms with E-state index in [9.17, 15) is 64.2 Å². The molecule has 0 aliphatic carbocycles. The molecule has 0 spiro atoms. The van der Waals surface area contributed by atoms with Gasteiger partial charge in [0.1, 0.15) is 48.9 Å². The van der Waals surface area contributed by atoms with Crippen molar-refractivity contribution in [3.8, 4) is 0 Å². The van der Waals surface area contributed by atoms with Crippen molar-refractivity contribution in [3.05, 3.63) is 47.4 Å². The Kier molecular flexibility index (Phi) is 22.5. The summed E-state index contributed by atoms with van der Waals surface area (Å²) in [6.07, 6.45) is -8.35. The number of fused-ring (bicyclic) bond motifs is 1. The number of carboxylic acid groups (broad SMARTS) is 2. The Hall–Kier alpha value is -6.08. The fourth-order valence-corrected chi connectivity index (χ4v) is 7.40. The summed E-state index contributed by atoms with van der Waals surface area (Å²) in [5.41, 5.74) is 17.4. The molecule has 0 bridgehead atoms. The van der Waals surface area contributed by atoms with Crippen molar-refractivity contribution >= 4 is 80.7 Å².